The lowest BCUT2D eigenvalue weighted by atomic mass is 11.4. The fraction of sp³-hybridized carbons (Fsp3) is 0. The molecule has 0 heterocycles. The Morgan fingerprint density at radius 2 is 1.88 bits per heavy atom. The third-order valence-corrected chi connectivity index (χ3v) is 0.257. The lowest BCUT2D eigenvalue weighted by Gasteiger charge is -1.64. The SMILES string of the molecule is N=NN=N/C=N/N=N. The van der Waals surface area contributed by atoms with Gasteiger partial charge in [0.1, 0.15) is 0 Å². The van der Waals surface area contributed by atoms with Crippen LogP contribution in [0.25, 0.3) is 0 Å². The van der Waals surface area contributed by atoms with E-state index in [1.54, 1.807) is 0 Å². The van der Waals surface area contributed by atoms with E-state index in [1.165, 1.54) is 0 Å². The minimum absolute atomic E-state index is 0.908. The standard InChI is InChI=1S/CH3N7/c2-6-4-1-5-8-7-3/h1-3H/b4-1+,6-2?,7-3?,8-5?. The van der Waals surface area contributed by atoms with E-state index in [9.17, 15) is 0 Å². The molecule has 0 aliphatic carbocycles. The van der Waals surface area contributed by atoms with Crippen LogP contribution >= 0.6 is 0 Å². The van der Waals surface area contributed by atoms with E-state index in [2.05, 4.69) is 25.9 Å². The Morgan fingerprint density at radius 1 is 1.12 bits per heavy atom. The summed E-state index contributed by atoms with van der Waals surface area (Å²) in [5, 5.41) is 13.9. The van der Waals surface area contributed by atoms with Gasteiger partial charge in [0.15, 0.2) is 6.34 Å². The van der Waals surface area contributed by atoms with Crippen LogP contribution in [-0.2, 0) is 0 Å². The molecule has 0 aromatic carbocycles. The topological polar surface area (TPSA) is 110 Å². The van der Waals surface area contributed by atoms with Crippen LogP contribution in [0.4, 0.5) is 0 Å². The first-order valence-electron chi connectivity index (χ1n) is 1.56. The molecule has 42 valence electrons. The average Bonchev–Trinajstić information content (AvgIpc) is 1.81. The largest absolute Gasteiger partial charge is 0.184 e. The van der Waals surface area contributed by atoms with Crippen LogP contribution in [0.15, 0.2) is 25.9 Å². The summed E-state index contributed by atoms with van der Waals surface area (Å²) in [7, 11) is 0. The summed E-state index contributed by atoms with van der Waals surface area (Å²) in [6.45, 7) is 0. The minimum atomic E-state index is 0.908. The van der Waals surface area contributed by atoms with Crippen LogP contribution in [0, 0.1) is 11.1 Å². The zero-order valence-corrected chi connectivity index (χ0v) is 3.81. The molecule has 8 heavy (non-hydrogen) atoms. The maximum Gasteiger partial charge on any atom is 0.164 e. The third-order valence-electron chi connectivity index (χ3n) is 0.257. The number of nitrogens with zero attached hydrogens (tertiary/aromatic N) is 5. The molecule has 0 saturated heterocycles. The second kappa shape index (κ2) is 5.47. The first-order valence-corrected chi connectivity index (χ1v) is 1.56. The van der Waals surface area contributed by atoms with Crippen molar-refractivity contribution >= 4 is 6.34 Å². The summed E-state index contributed by atoms with van der Waals surface area (Å²) in [5.74, 6) is 0. The van der Waals surface area contributed by atoms with Gasteiger partial charge >= 0.3 is 0 Å². The van der Waals surface area contributed by atoms with Gasteiger partial charge in [-0.15, -0.1) is 10.2 Å². The molecule has 0 fully saturated rings. The molecule has 0 rings (SSSR count). The van der Waals surface area contributed by atoms with Gasteiger partial charge < -0.3 is 0 Å². The molecule has 0 aliphatic heterocycles. The zero-order valence-electron chi connectivity index (χ0n) is 3.81. The number of hydrogen-bond donors (Lipinski definition) is 2. The van der Waals surface area contributed by atoms with Crippen molar-refractivity contribution in [2.45, 2.75) is 0 Å². The van der Waals surface area contributed by atoms with Crippen molar-refractivity contribution in [3.05, 3.63) is 0 Å². The lowest BCUT2D eigenvalue weighted by molar-refractivity contribution is 0.915. The average molecular weight is 113 g/mol. The highest BCUT2D eigenvalue weighted by molar-refractivity contribution is 5.53. The van der Waals surface area contributed by atoms with E-state index in [-0.39, 0.29) is 0 Å². The smallest absolute Gasteiger partial charge is 0.164 e. The minimum Gasteiger partial charge on any atom is -0.184 e. The molecular weight excluding hydrogens is 110 g/mol. The van der Waals surface area contributed by atoms with Gasteiger partial charge in [-0.3, -0.25) is 0 Å². The van der Waals surface area contributed by atoms with Gasteiger partial charge in [-0.05, 0) is 10.4 Å². The van der Waals surface area contributed by atoms with Crippen LogP contribution in [-0.4, -0.2) is 6.34 Å². The Balaban J connectivity index is 3.41. The Morgan fingerprint density at radius 3 is 2.38 bits per heavy atom. The number of hydrogen-bond acceptors (Lipinski definition) is 3. The molecule has 2 N–H and O–H groups in total. The van der Waals surface area contributed by atoms with Gasteiger partial charge in [-0.2, -0.15) is 11.1 Å². The summed E-state index contributed by atoms with van der Waals surface area (Å²) < 4.78 is 0. The Kier molecular flexibility index (Phi) is 4.42. The summed E-state index contributed by atoms with van der Waals surface area (Å²) in [6.07, 6.45) is 0.908. The third kappa shape index (κ3) is 4.47. The fourth-order valence-electron chi connectivity index (χ4n) is 0.0978. The van der Waals surface area contributed by atoms with Crippen molar-refractivity contribution in [2.75, 3.05) is 0 Å². The Bertz CT molecular complexity index is 104. The second-order valence-electron chi connectivity index (χ2n) is 0.636. The summed E-state index contributed by atoms with van der Waals surface area (Å²) in [5.41, 5.74) is 12.1. The quantitative estimate of drug-likeness (QED) is 0.238. The highest BCUT2D eigenvalue weighted by Crippen LogP contribution is 1.71. The molecule has 0 spiro atoms. The molecule has 7 heteroatoms. The van der Waals surface area contributed by atoms with Crippen molar-refractivity contribution < 1.29 is 0 Å². The molecule has 0 saturated carbocycles. The van der Waals surface area contributed by atoms with Gasteiger partial charge in [-0.1, -0.05) is 5.22 Å². The normalized spacial score (nSPS) is 10.5. The van der Waals surface area contributed by atoms with Crippen molar-refractivity contribution in [2.24, 2.45) is 25.9 Å². The molecule has 0 aromatic heterocycles. The molecule has 0 aliphatic rings. The van der Waals surface area contributed by atoms with Gasteiger partial charge in [0.2, 0.25) is 0 Å². The van der Waals surface area contributed by atoms with Crippen molar-refractivity contribution in [3.63, 3.8) is 0 Å². The summed E-state index contributed by atoms with van der Waals surface area (Å²) >= 11 is 0. The van der Waals surface area contributed by atoms with E-state index in [4.69, 9.17) is 11.1 Å². The van der Waals surface area contributed by atoms with Gasteiger partial charge in [0.05, 0.1) is 0 Å². The van der Waals surface area contributed by atoms with E-state index in [0.717, 1.165) is 6.34 Å². The van der Waals surface area contributed by atoms with Crippen LogP contribution in [0.3, 0.4) is 0 Å². The highest BCUT2D eigenvalue weighted by Gasteiger charge is 1.59. The van der Waals surface area contributed by atoms with Crippen molar-refractivity contribution in [3.8, 4) is 0 Å². The fourth-order valence-corrected chi connectivity index (χ4v) is 0.0978. The van der Waals surface area contributed by atoms with Gasteiger partial charge in [-0.25, -0.2) is 0 Å². The molecule has 0 aromatic rings. The second-order valence-corrected chi connectivity index (χ2v) is 0.636. The number of rotatable bonds is 3. The first-order chi connectivity index (χ1) is 3.91. The number of nitrogens with one attached hydrogen (secondary N) is 2. The van der Waals surface area contributed by atoms with Crippen LogP contribution in [0.5, 0.6) is 0 Å². The van der Waals surface area contributed by atoms with Gasteiger partial charge in [0, 0.05) is 0 Å². The summed E-state index contributed by atoms with van der Waals surface area (Å²) in [4.78, 5) is 0. The van der Waals surface area contributed by atoms with Gasteiger partial charge in [0.25, 0.3) is 0 Å². The maximum atomic E-state index is 6.09. The first kappa shape index (κ1) is 6.47. The molecular formula is CH3N7. The molecule has 7 nitrogen and oxygen atoms in total. The van der Waals surface area contributed by atoms with Crippen LogP contribution in [0.2, 0.25) is 0 Å². The van der Waals surface area contributed by atoms with Crippen LogP contribution < -0.4 is 0 Å². The Hall–Kier alpha value is -1.53. The van der Waals surface area contributed by atoms with E-state index >= 15 is 0 Å². The molecule has 0 unspecified atom stereocenters. The van der Waals surface area contributed by atoms with E-state index < -0.39 is 0 Å². The monoisotopic (exact) mass is 113 g/mol. The summed E-state index contributed by atoms with van der Waals surface area (Å²) in [6, 6.07) is 0. The maximum absolute atomic E-state index is 6.09. The molecule has 0 amide bonds. The molecule has 0 bridgehead atoms. The zero-order chi connectivity index (χ0) is 6.24. The van der Waals surface area contributed by atoms with Crippen molar-refractivity contribution in [1.29, 1.82) is 11.1 Å². The Labute approximate surface area is 44.5 Å². The van der Waals surface area contributed by atoms with Crippen molar-refractivity contribution in [1.82, 2.24) is 0 Å². The van der Waals surface area contributed by atoms with Crippen LogP contribution in [0.1, 0.15) is 0 Å². The predicted molar refractivity (Wildman–Crippen MR) is 23.6 cm³/mol. The van der Waals surface area contributed by atoms with E-state index in [0.29, 0.717) is 0 Å². The molecule has 0 radical (unpaired) electrons. The lowest BCUT2D eigenvalue weighted by Crippen LogP contribution is -1.55. The highest BCUT2D eigenvalue weighted by atomic mass is 15.4. The molecule has 0 atom stereocenters. The predicted octanol–water partition coefficient (Wildman–Crippen LogP) is 1.36. The van der Waals surface area contributed by atoms with E-state index in [1.807, 2.05) is 0 Å².